The molecule has 34 heavy (non-hydrogen) atoms. The topological polar surface area (TPSA) is 30.9 Å². The highest BCUT2D eigenvalue weighted by Crippen LogP contribution is 2.67. The maximum absolute atomic E-state index is 5.83. The van der Waals surface area contributed by atoms with Crippen LogP contribution in [0.5, 0.6) is 17.2 Å². The van der Waals surface area contributed by atoms with E-state index in [1.807, 2.05) is 0 Å². The van der Waals surface area contributed by atoms with Crippen molar-refractivity contribution >= 4 is 17.1 Å². The lowest BCUT2D eigenvalue weighted by Crippen LogP contribution is -2.43. The number of hydrogen-bond donors (Lipinski definition) is 0. The van der Waals surface area contributed by atoms with E-state index < -0.39 is 0 Å². The van der Waals surface area contributed by atoms with Crippen molar-refractivity contribution < 1.29 is 14.2 Å². The minimum Gasteiger partial charge on any atom is -0.497 e. The molecule has 176 valence electrons. The largest absolute Gasteiger partial charge is 0.497 e. The minimum atomic E-state index is -0.221. The summed E-state index contributed by atoms with van der Waals surface area (Å²) < 4.78 is 17.5. The molecule has 4 heteroatoms. The number of nitrogens with zero attached hydrogens (tertiary/aromatic N) is 1. The summed E-state index contributed by atoms with van der Waals surface area (Å²) in [6, 6.07) is 13.4. The van der Waals surface area contributed by atoms with Gasteiger partial charge < -0.3 is 19.1 Å². The molecule has 3 heterocycles. The molecule has 0 amide bonds. The monoisotopic (exact) mass is 455 g/mol. The first-order valence-electron chi connectivity index (χ1n) is 12.0. The van der Waals surface area contributed by atoms with Crippen LogP contribution >= 0.6 is 0 Å². The third kappa shape index (κ3) is 2.29. The van der Waals surface area contributed by atoms with Gasteiger partial charge >= 0.3 is 0 Å². The van der Waals surface area contributed by atoms with Crippen molar-refractivity contribution in [2.75, 3.05) is 26.2 Å². The maximum Gasteiger partial charge on any atom is 0.119 e. The molecule has 0 saturated carbocycles. The van der Waals surface area contributed by atoms with Gasteiger partial charge in [-0.25, -0.2) is 0 Å². The zero-order chi connectivity index (χ0) is 24.4. The Kier molecular flexibility index (Phi) is 3.96. The van der Waals surface area contributed by atoms with E-state index in [4.69, 9.17) is 14.2 Å². The SMILES string of the molecule is COc1cc2c3c(c1)C(C)(C)c1cc(OC)cc4c1N3c1c(cc(OC)cc1C4(C)C)C2(C)C. The maximum atomic E-state index is 5.83. The van der Waals surface area contributed by atoms with Crippen LogP contribution in [-0.4, -0.2) is 21.3 Å². The molecule has 0 saturated heterocycles. The number of methoxy groups -OCH3 is 3. The summed E-state index contributed by atoms with van der Waals surface area (Å²) in [6.45, 7) is 14.0. The Morgan fingerprint density at radius 1 is 0.441 bits per heavy atom. The standard InChI is InChI=1S/C30H33NO3/c1-28(2)19-10-16(32-7)12-21-25(19)31-26-20(28)11-17(33-8)13-22(26)30(5,6)24-15-18(34-9)14-23(27(24)31)29(21,3)4/h10-15H,1-9H3. The van der Waals surface area contributed by atoms with E-state index in [2.05, 4.69) is 82.8 Å². The van der Waals surface area contributed by atoms with Gasteiger partial charge in [0.2, 0.25) is 0 Å². The van der Waals surface area contributed by atoms with E-state index in [1.165, 1.54) is 50.4 Å². The van der Waals surface area contributed by atoms with Crippen LogP contribution in [-0.2, 0) is 16.2 Å². The Hall–Kier alpha value is -3.14. The molecule has 6 rings (SSSR count). The van der Waals surface area contributed by atoms with Gasteiger partial charge in [-0.1, -0.05) is 41.5 Å². The number of benzene rings is 3. The predicted molar refractivity (Wildman–Crippen MR) is 137 cm³/mol. The number of ether oxygens (including phenoxy) is 3. The van der Waals surface area contributed by atoms with Crippen LogP contribution in [0.15, 0.2) is 36.4 Å². The highest BCUT2D eigenvalue weighted by atomic mass is 16.5. The van der Waals surface area contributed by atoms with Crippen molar-refractivity contribution in [1.29, 1.82) is 0 Å². The van der Waals surface area contributed by atoms with Gasteiger partial charge in [0.15, 0.2) is 0 Å². The molecular weight excluding hydrogens is 422 g/mol. The fourth-order valence-electron chi connectivity index (χ4n) is 6.53. The molecule has 0 N–H and O–H groups in total. The van der Waals surface area contributed by atoms with Gasteiger partial charge in [0, 0.05) is 16.2 Å². The lowest BCUT2D eigenvalue weighted by Gasteiger charge is -2.55. The number of rotatable bonds is 3. The van der Waals surface area contributed by atoms with Crippen molar-refractivity contribution in [2.24, 2.45) is 0 Å². The first kappa shape index (κ1) is 21.4. The van der Waals surface area contributed by atoms with Crippen LogP contribution < -0.4 is 19.1 Å². The quantitative estimate of drug-likeness (QED) is 0.421. The van der Waals surface area contributed by atoms with Crippen molar-refractivity contribution in [1.82, 2.24) is 0 Å². The van der Waals surface area contributed by atoms with Gasteiger partial charge in [-0.3, -0.25) is 0 Å². The molecule has 0 fully saturated rings. The van der Waals surface area contributed by atoms with E-state index in [9.17, 15) is 0 Å². The van der Waals surface area contributed by atoms with E-state index in [1.54, 1.807) is 21.3 Å². The van der Waals surface area contributed by atoms with Crippen LogP contribution in [0.4, 0.5) is 17.1 Å². The van der Waals surface area contributed by atoms with Gasteiger partial charge in [-0.2, -0.15) is 0 Å². The van der Waals surface area contributed by atoms with Gasteiger partial charge in [0.1, 0.15) is 17.2 Å². The second kappa shape index (κ2) is 6.29. The molecular formula is C30H33NO3. The van der Waals surface area contributed by atoms with Crippen LogP contribution in [0, 0.1) is 0 Å². The molecule has 3 aromatic rings. The Morgan fingerprint density at radius 2 is 0.647 bits per heavy atom. The van der Waals surface area contributed by atoms with E-state index in [0.29, 0.717) is 0 Å². The van der Waals surface area contributed by atoms with Gasteiger partial charge in [-0.15, -0.1) is 0 Å². The summed E-state index contributed by atoms with van der Waals surface area (Å²) in [7, 11) is 5.27. The highest BCUT2D eigenvalue weighted by molar-refractivity contribution is 5.99. The van der Waals surface area contributed by atoms with Crippen molar-refractivity contribution in [3.05, 3.63) is 69.8 Å². The minimum absolute atomic E-state index is 0.221. The molecule has 0 spiro atoms. The second-order valence-corrected chi connectivity index (χ2v) is 11.4. The van der Waals surface area contributed by atoms with Gasteiger partial charge in [0.25, 0.3) is 0 Å². The molecule has 4 nitrogen and oxygen atoms in total. The van der Waals surface area contributed by atoms with E-state index in [-0.39, 0.29) is 16.2 Å². The Balaban J connectivity index is 1.87. The highest BCUT2D eigenvalue weighted by Gasteiger charge is 2.52. The lowest BCUT2D eigenvalue weighted by molar-refractivity contribution is 0.405. The molecule has 0 unspecified atom stereocenters. The summed E-state index contributed by atoms with van der Waals surface area (Å²) in [5, 5.41) is 0. The smallest absolute Gasteiger partial charge is 0.119 e. The van der Waals surface area contributed by atoms with Crippen molar-refractivity contribution in [3.63, 3.8) is 0 Å². The van der Waals surface area contributed by atoms with Crippen molar-refractivity contribution in [2.45, 2.75) is 57.8 Å². The summed E-state index contributed by atoms with van der Waals surface area (Å²) in [5.41, 5.74) is 10.9. The average molecular weight is 456 g/mol. The Bertz CT molecular complexity index is 1150. The first-order valence-corrected chi connectivity index (χ1v) is 12.0. The van der Waals surface area contributed by atoms with E-state index in [0.717, 1.165) is 17.2 Å². The zero-order valence-electron chi connectivity index (χ0n) is 21.6. The average Bonchev–Trinajstić information content (AvgIpc) is 2.81. The van der Waals surface area contributed by atoms with Gasteiger partial charge in [0.05, 0.1) is 38.4 Å². The van der Waals surface area contributed by atoms with E-state index >= 15 is 0 Å². The normalized spacial score (nSPS) is 18.8. The molecule has 0 aromatic heterocycles. The third-order valence-electron chi connectivity index (χ3n) is 8.67. The summed E-state index contributed by atoms with van der Waals surface area (Å²) >= 11 is 0. The van der Waals surface area contributed by atoms with Crippen LogP contribution in [0.25, 0.3) is 0 Å². The molecule has 3 aromatic carbocycles. The third-order valence-corrected chi connectivity index (χ3v) is 8.67. The molecule has 0 aliphatic carbocycles. The summed E-state index contributed by atoms with van der Waals surface area (Å²) in [4.78, 5) is 2.53. The van der Waals surface area contributed by atoms with Crippen LogP contribution in [0.1, 0.15) is 74.9 Å². The zero-order valence-corrected chi connectivity index (χ0v) is 21.6. The lowest BCUT2D eigenvalue weighted by atomic mass is 9.60. The fraction of sp³-hybridized carbons (Fsp3) is 0.400. The summed E-state index contributed by atoms with van der Waals surface area (Å²) in [6.07, 6.45) is 0. The summed E-state index contributed by atoms with van der Waals surface area (Å²) in [5.74, 6) is 2.68. The Morgan fingerprint density at radius 3 is 0.824 bits per heavy atom. The molecule has 0 atom stereocenters. The van der Waals surface area contributed by atoms with Gasteiger partial charge in [-0.05, 0) is 69.8 Å². The second-order valence-electron chi connectivity index (χ2n) is 11.4. The Labute approximate surface area is 202 Å². The molecule has 0 bridgehead atoms. The molecule has 3 aliphatic heterocycles. The fourth-order valence-corrected chi connectivity index (χ4v) is 6.53. The first-order chi connectivity index (χ1) is 16.0. The molecule has 0 radical (unpaired) electrons. The molecule has 3 aliphatic rings. The number of anilines is 3. The van der Waals surface area contributed by atoms with Crippen LogP contribution in [0.2, 0.25) is 0 Å². The predicted octanol–water partition coefficient (Wildman–Crippen LogP) is 7.10. The number of hydrogen-bond acceptors (Lipinski definition) is 4. The van der Waals surface area contributed by atoms with Crippen LogP contribution in [0.3, 0.4) is 0 Å². The van der Waals surface area contributed by atoms with Crippen molar-refractivity contribution in [3.8, 4) is 17.2 Å².